The first kappa shape index (κ1) is 15.0. The van der Waals surface area contributed by atoms with Crippen molar-refractivity contribution in [1.29, 1.82) is 0 Å². The number of nitrogens with two attached hydrogens (primary N) is 1. The Morgan fingerprint density at radius 2 is 2.00 bits per heavy atom. The fourth-order valence-electron chi connectivity index (χ4n) is 1.53. The van der Waals surface area contributed by atoms with Gasteiger partial charge in [0.15, 0.2) is 0 Å². The van der Waals surface area contributed by atoms with Crippen LogP contribution in [0.3, 0.4) is 0 Å². The monoisotopic (exact) mass is 309 g/mol. The van der Waals surface area contributed by atoms with Gasteiger partial charge in [-0.3, -0.25) is 5.14 Å². The number of hydrogen-bond donors (Lipinski definition) is 1. The van der Waals surface area contributed by atoms with Crippen molar-refractivity contribution in [3.63, 3.8) is 0 Å². The van der Waals surface area contributed by atoms with Gasteiger partial charge in [0.05, 0.1) is 27.8 Å². The molecule has 0 spiro atoms. The van der Waals surface area contributed by atoms with Crippen molar-refractivity contribution in [2.24, 2.45) is 5.14 Å². The van der Waals surface area contributed by atoms with Gasteiger partial charge in [-0.2, -0.15) is 0 Å². The maximum atomic E-state index is 11.3. The van der Waals surface area contributed by atoms with Gasteiger partial charge in [-0.25, -0.2) is 9.19 Å². The van der Waals surface area contributed by atoms with Crippen LogP contribution >= 0.6 is 11.6 Å². The second-order valence-corrected chi connectivity index (χ2v) is 7.00. The Bertz CT molecular complexity index is 647. The van der Waals surface area contributed by atoms with Crippen molar-refractivity contribution in [3.05, 3.63) is 53.6 Å². The van der Waals surface area contributed by atoms with Crippen LogP contribution in [0, 0.1) is 0 Å². The molecule has 6 heteroatoms. The third kappa shape index (κ3) is 3.56. The SMILES string of the molecule is CC(C)(/C=C\c1cn(-c2ccc(Cl)cc2)cn1)[S@](N)=O. The van der Waals surface area contributed by atoms with E-state index in [1.807, 2.05) is 55.0 Å². The minimum atomic E-state index is -1.42. The maximum Gasteiger partial charge on any atom is 0.0999 e. The smallest absolute Gasteiger partial charge is 0.0999 e. The highest BCUT2D eigenvalue weighted by atomic mass is 35.5. The van der Waals surface area contributed by atoms with Crippen LogP contribution in [0.15, 0.2) is 42.9 Å². The number of hydrogen-bond acceptors (Lipinski definition) is 2. The molecule has 1 heterocycles. The van der Waals surface area contributed by atoms with Gasteiger partial charge in [-0.1, -0.05) is 17.7 Å². The summed E-state index contributed by atoms with van der Waals surface area (Å²) in [5.41, 5.74) is 1.75. The molecule has 0 radical (unpaired) electrons. The zero-order chi connectivity index (χ0) is 14.8. The molecule has 0 saturated heterocycles. The molecule has 0 aliphatic carbocycles. The molecule has 106 valence electrons. The fourth-order valence-corrected chi connectivity index (χ4v) is 1.86. The first-order chi connectivity index (χ1) is 9.38. The van der Waals surface area contributed by atoms with Crippen molar-refractivity contribution in [2.75, 3.05) is 0 Å². The molecule has 2 N–H and O–H groups in total. The van der Waals surface area contributed by atoms with Gasteiger partial charge in [0.2, 0.25) is 0 Å². The molecule has 1 atom stereocenters. The molecule has 1 aromatic carbocycles. The van der Waals surface area contributed by atoms with Crippen LogP contribution in [0.2, 0.25) is 5.02 Å². The zero-order valence-corrected chi connectivity index (χ0v) is 12.9. The van der Waals surface area contributed by atoms with Crippen molar-refractivity contribution in [2.45, 2.75) is 18.6 Å². The molecule has 1 aromatic heterocycles. The third-order valence-electron chi connectivity index (χ3n) is 2.90. The molecular weight excluding hydrogens is 294 g/mol. The van der Waals surface area contributed by atoms with Crippen LogP contribution in [-0.4, -0.2) is 18.5 Å². The number of imidazole rings is 1. The topological polar surface area (TPSA) is 60.9 Å². The Kier molecular flexibility index (Phi) is 4.42. The van der Waals surface area contributed by atoms with Gasteiger partial charge in [0.1, 0.15) is 0 Å². The predicted octanol–water partition coefficient (Wildman–Crippen LogP) is 2.94. The van der Waals surface area contributed by atoms with Crippen molar-refractivity contribution in [3.8, 4) is 5.69 Å². The van der Waals surface area contributed by atoms with E-state index in [0.29, 0.717) is 5.02 Å². The molecule has 2 aromatic rings. The summed E-state index contributed by atoms with van der Waals surface area (Å²) in [6.07, 6.45) is 7.22. The molecule has 20 heavy (non-hydrogen) atoms. The van der Waals surface area contributed by atoms with E-state index in [9.17, 15) is 4.21 Å². The standard InChI is InChI=1S/C14H16ClN3OS/c1-14(2,20(16)19)8-7-12-9-18(10-17-12)13-5-3-11(15)4-6-13/h3-10H,16H2,1-2H3/b8-7-/t20-/m1/s1. The van der Waals surface area contributed by atoms with Crippen molar-refractivity contribution in [1.82, 2.24) is 9.55 Å². The molecule has 0 bridgehead atoms. The van der Waals surface area contributed by atoms with E-state index >= 15 is 0 Å². The van der Waals surface area contributed by atoms with Gasteiger partial charge in [0.25, 0.3) is 0 Å². The molecule has 0 unspecified atom stereocenters. The summed E-state index contributed by atoms with van der Waals surface area (Å²) in [6, 6.07) is 7.48. The van der Waals surface area contributed by atoms with E-state index in [1.165, 1.54) is 0 Å². The Morgan fingerprint density at radius 3 is 2.60 bits per heavy atom. The van der Waals surface area contributed by atoms with Gasteiger partial charge < -0.3 is 4.57 Å². The number of aromatic nitrogens is 2. The van der Waals surface area contributed by atoms with Crippen LogP contribution < -0.4 is 5.14 Å². The van der Waals surface area contributed by atoms with E-state index in [4.69, 9.17) is 16.7 Å². The zero-order valence-electron chi connectivity index (χ0n) is 11.3. The quantitative estimate of drug-likeness (QED) is 0.944. The predicted molar refractivity (Wildman–Crippen MR) is 84.0 cm³/mol. The van der Waals surface area contributed by atoms with Crippen LogP contribution in [0.1, 0.15) is 19.5 Å². The average molecular weight is 310 g/mol. The van der Waals surface area contributed by atoms with Gasteiger partial charge in [0, 0.05) is 16.9 Å². The van der Waals surface area contributed by atoms with E-state index < -0.39 is 15.7 Å². The van der Waals surface area contributed by atoms with E-state index in [0.717, 1.165) is 11.4 Å². The van der Waals surface area contributed by atoms with Crippen LogP contribution in [0.4, 0.5) is 0 Å². The summed E-state index contributed by atoms with van der Waals surface area (Å²) in [5.74, 6) is 0. The number of rotatable bonds is 4. The highest BCUT2D eigenvalue weighted by molar-refractivity contribution is 7.84. The average Bonchev–Trinajstić information content (AvgIpc) is 2.86. The molecule has 0 aliphatic heterocycles. The number of nitrogens with zero attached hydrogens (tertiary/aromatic N) is 2. The normalized spacial score (nSPS) is 13.8. The Hall–Kier alpha value is -1.43. The van der Waals surface area contributed by atoms with Gasteiger partial charge in [-0.05, 0) is 44.2 Å². The highest BCUT2D eigenvalue weighted by Gasteiger charge is 2.19. The summed E-state index contributed by atoms with van der Waals surface area (Å²) in [7, 11) is -1.42. The van der Waals surface area contributed by atoms with Crippen LogP contribution in [0.5, 0.6) is 0 Å². The lowest BCUT2D eigenvalue weighted by Crippen LogP contribution is -2.29. The van der Waals surface area contributed by atoms with Gasteiger partial charge >= 0.3 is 0 Å². The highest BCUT2D eigenvalue weighted by Crippen LogP contribution is 2.16. The Balaban J connectivity index is 2.19. The molecule has 0 aliphatic rings. The van der Waals surface area contributed by atoms with E-state index in [-0.39, 0.29) is 0 Å². The molecule has 4 nitrogen and oxygen atoms in total. The maximum absolute atomic E-state index is 11.3. The lowest BCUT2D eigenvalue weighted by Gasteiger charge is -2.14. The van der Waals surface area contributed by atoms with Crippen molar-refractivity contribution >= 4 is 28.7 Å². The van der Waals surface area contributed by atoms with Gasteiger partial charge in [-0.15, -0.1) is 0 Å². The van der Waals surface area contributed by atoms with E-state index in [2.05, 4.69) is 4.98 Å². The third-order valence-corrected chi connectivity index (χ3v) is 4.33. The second-order valence-electron chi connectivity index (χ2n) is 4.92. The molecular formula is C14H16ClN3OS. The number of benzene rings is 1. The first-order valence-corrected chi connectivity index (χ1v) is 7.63. The minimum absolute atomic E-state index is 0.579. The molecule has 2 rings (SSSR count). The fraction of sp³-hybridized carbons (Fsp3) is 0.214. The lowest BCUT2D eigenvalue weighted by molar-refractivity contribution is 0.665. The summed E-state index contributed by atoms with van der Waals surface area (Å²) in [4.78, 5) is 4.28. The molecule has 0 saturated carbocycles. The van der Waals surface area contributed by atoms with E-state index in [1.54, 1.807) is 12.4 Å². The van der Waals surface area contributed by atoms with Crippen LogP contribution in [0.25, 0.3) is 11.8 Å². The number of halogens is 1. The molecule has 0 fully saturated rings. The largest absolute Gasteiger partial charge is 0.306 e. The van der Waals surface area contributed by atoms with Crippen molar-refractivity contribution < 1.29 is 4.21 Å². The first-order valence-electron chi connectivity index (χ1n) is 6.04. The summed E-state index contributed by atoms with van der Waals surface area (Å²) >= 11 is 5.86. The summed E-state index contributed by atoms with van der Waals surface area (Å²) in [6.45, 7) is 3.63. The minimum Gasteiger partial charge on any atom is -0.306 e. The molecule has 0 amide bonds. The van der Waals surface area contributed by atoms with Crippen LogP contribution in [-0.2, 0) is 11.0 Å². The Morgan fingerprint density at radius 1 is 1.35 bits per heavy atom. The second kappa shape index (κ2) is 5.91. The Labute approximate surface area is 125 Å². The summed E-state index contributed by atoms with van der Waals surface area (Å²) < 4.78 is 12.7. The lowest BCUT2D eigenvalue weighted by atomic mass is 10.2. The summed E-state index contributed by atoms with van der Waals surface area (Å²) in [5, 5.41) is 6.12.